The highest BCUT2D eigenvalue weighted by molar-refractivity contribution is 6.31. The molecule has 1 aromatic carbocycles. The second kappa shape index (κ2) is 7.05. The summed E-state index contributed by atoms with van der Waals surface area (Å²) in [6.45, 7) is 0.928. The summed E-state index contributed by atoms with van der Waals surface area (Å²) in [4.78, 5) is 26.7. The molecule has 1 N–H and O–H groups in total. The molecule has 6 nitrogen and oxygen atoms in total. The van der Waals surface area contributed by atoms with Gasteiger partial charge in [0, 0.05) is 49.8 Å². The predicted molar refractivity (Wildman–Crippen MR) is 90.4 cm³/mol. The number of hydrogen-bond donors (Lipinski definition) is 1. The number of carbonyl (C=O) groups excluding carboxylic acids is 2. The summed E-state index contributed by atoms with van der Waals surface area (Å²) in [6, 6.07) is 8.36. The summed E-state index contributed by atoms with van der Waals surface area (Å²) in [5.74, 6) is -0.263. The molecule has 126 valence electrons. The summed E-state index contributed by atoms with van der Waals surface area (Å²) in [5, 5.41) is 7.58. The fraction of sp³-hybridized carbons (Fsp3) is 0.353. The third kappa shape index (κ3) is 3.43. The molecule has 3 rings (SSSR count). The van der Waals surface area contributed by atoms with Crippen LogP contribution < -0.4 is 5.32 Å². The highest BCUT2D eigenvalue weighted by Crippen LogP contribution is 2.29. The van der Waals surface area contributed by atoms with Crippen molar-refractivity contribution in [3.8, 4) is 0 Å². The van der Waals surface area contributed by atoms with Gasteiger partial charge in [-0.2, -0.15) is 5.10 Å². The van der Waals surface area contributed by atoms with E-state index >= 15 is 0 Å². The molecular weight excluding hydrogens is 328 g/mol. The zero-order valence-electron chi connectivity index (χ0n) is 13.4. The summed E-state index contributed by atoms with van der Waals surface area (Å²) in [7, 11) is 1.84. The zero-order chi connectivity index (χ0) is 17.1. The molecular formula is C17H19ClN4O2. The lowest BCUT2D eigenvalue weighted by Gasteiger charge is -2.35. The van der Waals surface area contributed by atoms with Crippen molar-refractivity contribution >= 4 is 23.4 Å². The molecule has 24 heavy (non-hydrogen) atoms. The third-order valence-electron chi connectivity index (χ3n) is 4.10. The van der Waals surface area contributed by atoms with Gasteiger partial charge in [0.25, 0.3) is 0 Å². The Hall–Kier alpha value is -2.34. The number of nitrogens with zero attached hydrogens (tertiary/aromatic N) is 3. The lowest BCUT2D eigenvalue weighted by molar-refractivity contribution is -0.143. The van der Waals surface area contributed by atoms with E-state index in [0.29, 0.717) is 36.5 Å². The van der Waals surface area contributed by atoms with Crippen LogP contribution >= 0.6 is 11.6 Å². The highest BCUT2D eigenvalue weighted by atomic mass is 35.5. The van der Waals surface area contributed by atoms with Crippen molar-refractivity contribution < 1.29 is 9.59 Å². The summed E-state index contributed by atoms with van der Waals surface area (Å²) >= 11 is 6.24. The van der Waals surface area contributed by atoms with Crippen LogP contribution in [-0.4, -0.2) is 39.6 Å². The van der Waals surface area contributed by atoms with Crippen molar-refractivity contribution in [3.05, 3.63) is 52.8 Å². The van der Waals surface area contributed by atoms with E-state index in [1.165, 1.54) is 0 Å². The topological polar surface area (TPSA) is 67.2 Å². The van der Waals surface area contributed by atoms with Crippen LogP contribution in [0.3, 0.4) is 0 Å². The van der Waals surface area contributed by atoms with Crippen LogP contribution in [0, 0.1) is 0 Å². The lowest BCUT2D eigenvalue weighted by Crippen LogP contribution is -2.52. The van der Waals surface area contributed by atoms with E-state index in [-0.39, 0.29) is 11.8 Å². The maximum atomic E-state index is 12.7. The number of piperazine rings is 1. The van der Waals surface area contributed by atoms with Crippen LogP contribution in [0.4, 0.5) is 0 Å². The molecule has 1 aromatic heterocycles. The number of benzene rings is 1. The fourth-order valence-electron chi connectivity index (χ4n) is 2.92. The van der Waals surface area contributed by atoms with Crippen LogP contribution in [0.15, 0.2) is 36.5 Å². The molecule has 0 spiro atoms. The molecule has 1 aliphatic heterocycles. The molecule has 7 heteroatoms. The highest BCUT2D eigenvalue weighted by Gasteiger charge is 2.35. The fourth-order valence-corrected chi connectivity index (χ4v) is 3.16. The monoisotopic (exact) mass is 346 g/mol. The molecule has 0 aliphatic carbocycles. The first-order valence-corrected chi connectivity index (χ1v) is 8.24. The van der Waals surface area contributed by atoms with Crippen molar-refractivity contribution in [1.82, 2.24) is 20.0 Å². The molecule has 1 aliphatic rings. The Morgan fingerprint density at radius 1 is 1.38 bits per heavy atom. The number of aromatic nitrogens is 2. The molecule has 2 aromatic rings. The van der Waals surface area contributed by atoms with Crippen molar-refractivity contribution in [1.29, 1.82) is 0 Å². The first-order chi connectivity index (χ1) is 11.6. The second-order valence-electron chi connectivity index (χ2n) is 5.78. The lowest BCUT2D eigenvalue weighted by atomic mass is 10.0. The van der Waals surface area contributed by atoms with E-state index in [9.17, 15) is 9.59 Å². The Kier molecular flexibility index (Phi) is 4.85. The minimum Gasteiger partial charge on any atom is -0.352 e. The molecule has 1 fully saturated rings. The summed E-state index contributed by atoms with van der Waals surface area (Å²) in [5.41, 5.74) is 1.52. The second-order valence-corrected chi connectivity index (χ2v) is 6.19. The largest absolute Gasteiger partial charge is 0.352 e. The molecule has 0 saturated carbocycles. The Morgan fingerprint density at radius 3 is 2.88 bits per heavy atom. The Bertz CT molecular complexity index is 759. The minimum absolute atomic E-state index is 0.0691. The Morgan fingerprint density at radius 2 is 2.17 bits per heavy atom. The van der Waals surface area contributed by atoms with Gasteiger partial charge in [0.1, 0.15) is 6.04 Å². The van der Waals surface area contributed by atoms with Crippen molar-refractivity contribution in [2.45, 2.75) is 18.9 Å². The predicted octanol–water partition coefficient (Wildman–Crippen LogP) is 1.71. The van der Waals surface area contributed by atoms with Gasteiger partial charge >= 0.3 is 0 Å². The van der Waals surface area contributed by atoms with E-state index in [1.54, 1.807) is 27.8 Å². The van der Waals surface area contributed by atoms with Crippen LogP contribution in [0.1, 0.15) is 23.7 Å². The standard InChI is InChI=1S/C17H19ClN4O2/c1-21-10-8-12(20-21)6-7-15(23)22-11-9-19-17(24)16(22)13-4-2-3-5-14(13)18/h2-5,8,10,16H,6-7,9,11H2,1H3,(H,19,24). The third-order valence-corrected chi connectivity index (χ3v) is 4.44. The van der Waals surface area contributed by atoms with E-state index in [2.05, 4.69) is 10.4 Å². The first kappa shape index (κ1) is 16.5. The number of halogens is 1. The zero-order valence-corrected chi connectivity index (χ0v) is 14.2. The van der Waals surface area contributed by atoms with Crippen LogP contribution in [-0.2, 0) is 23.1 Å². The Balaban J connectivity index is 1.77. The van der Waals surface area contributed by atoms with Gasteiger partial charge in [-0.15, -0.1) is 0 Å². The van der Waals surface area contributed by atoms with Gasteiger partial charge in [-0.05, 0) is 12.1 Å². The minimum atomic E-state index is -0.677. The van der Waals surface area contributed by atoms with Gasteiger partial charge in [0.05, 0.1) is 5.69 Å². The molecule has 1 atom stereocenters. The molecule has 0 radical (unpaired) electrons. The van der Waals surface area contributed by atoms with Crippen LogP contribution in [0.25, 0.3) is 0 Å². The van der Waals surface area contributed by atoms with Crippen molar-refractivity contribution in [2.75, 3.05) is 13.1 Å². The average molecular weight is 347 g/mol. The summed E-state index contributed by atoms with van der Waals surface area (Å²) < 4.78 is 1.71. The number of aryl methyl sites for hydroxylation is 2. The van der Waals surface area contributed by atoms with E-state index in [4.69, 9.17) is 11.6 Å². The maximum Gasteiger partial charge on any atom is 0.247 e. The smallest absolute Gasteiger partial charge is 0.247 e. The van der Waals surface area contributed by atoms with E-state index < -0.39 is 6.04 Å². The molecule has 1 saturated heterocycles. The van der Waals surface area contributed by atoms with E-state index in [0.717, 1.165) is 5.69 Å². The van der Waals surface area contributed by atoms with Gasteiger partial charge in [-0.3, -0.25) is 14.3 Å². The molecule has 0 bridgehead atoms. The summed E-state index contributed by atoms with van der Waals surface area (Å²) in [6.07, 6.45) is 2.71. The van der Waals surface area contributed by atoms with Crippen molar-refractivity contribution in [2.24, 2.45) is 7.05 Å². The molecule has 2 heterocycles. The van der Waals surface area contributed by atoms with Gasteiger partial charge in [0.15, 0.2) is 0 Å². The number of rotatable bonds is 4. The molecule has 2 amide bonds. The van der Waals surface area contributed by atoms with Crippen molar-refractivity contribution in [3.63, 3.8) is 0 Å². The number of hydrogen-bond acceptors (Lipinski definition) is 3. The first-order valence-electron chi connectivity index (χ1n) is 7.86. The van der Waals surface area contributed by atoms with Crippen LogP contribution in [0.2, 0.25) is 5.02 Å². The number of nitrogens with one attached hydrogen (secondary N) is 1. The number of carbonyl (C=O) groups is 2. The van der Waals surface area contributed by atoms with Crippen LogP contribution in [0.5, 0.6) is 0 Å². The normalized spacial score (nSPS) is 17.7. The Labute approximate surface area is 145 Å². The quantitative estimate of drug-likeness (QED) is 0.916. The SMILES string of the molecule is Cn1ccc(CCC(=O)N2CCNC(=O)C2c2ccccc2Cl)n1. The average Bonchev–Trinajstić information content (AvgIpc) is 2.99. The van der Waals surface area contributed by atoms with Gasteiger partial charge in [-0.25, -0.2) is 0 Å². The van der Waals surface area contributed by atoms with Gasteiger partial charge < -0.3 is 10.2 Å². The molecule has 1 unspecified atom stereocenters. The maximum absolute atomic E-state index is 12.7. The van der Waals surface area contributed by atoms with Gasteiger partial charge in [0.2, 0.25) is 11.8 Å². The van der Waals surface area contributed by atoms with Gasteiger partial charge in [-0.1, -0.05) is 29.8 Å². The van der Waals surface area contributed by atoms with E-state index in [1.807, 2.05) is 25.4 Å². The number of amides is 2.